The Morgan fingerprint density at radius 1 is 1.36 bits per heavy atom. The van der Waals surface area contributed by atoms with Gasteiger partial charge in [-0.2, -0.15) is 0 Å². The molecule has 2 atom stereocenters. The molecule has 14 heavy (non-hydrogen) atoms. The fourth-order valence-corrected chi connectivity index (χ4v) is 2.44. The van der Waals surface area contributed by atoms with E-state index in [2.05, 4.69) is 12.2 Å². The maximum atomic E-state index is 5.75. The first-order chi connectivity index (χ1) is 6.75. The molecule has 2 fully saturated rings. The van der Waals surface area contributed by atoms with Gasteiger partial charge in [0, 0.05) is 24.7 Å². The highest BCUT2D eigenvalue weighted by atomic mass is 16.5. The summed E-state index contributed by atoms with van der Waals surface area (Å²) in [5.41, 5.74) is 5.75. The van der Waals surface area contributed by atoms with Gasteiger partial charge in [-0.15, -0.1) is 0 Å². The van der Waals surface area contributed by atoms with Crippen molar-refractivity contribution in [3.05, 3.63) is 0 Å². The molecule has 1 aliphatic carbocycles. The van der Waals surface area contributed by atoms with E-state index in [1.54, 1.807) is 0 Å². The van der Waals surface area contributed by atoms with Crippen LogP contribution in [0.15, 0.2) is 0 Å². The molecule has 1 saturated carbocycles. The lowest BCUT2D eigenvalue weighted by Crippen LogP contribution is -2.54. The highest BCUT2D eigenvalue weighted by Gasteiger charge is 2.29. The third-order valence-electron chi connectivity index (χ3n) is 3.45. The van der Waals surface area contributed by atoms with Gasteiger partial charge in [-0.05, 0) is 39.0 Å². The van der Waals surface area contributed by atoms with Crippen molar-refractivity contribution in [2.45, 2.75) is 63.3 Å². The molecule has 2 aliphatic rings. The summed E-state index contributed by atoms with van der Waals surface area (Å²) in [5, 5.41) is 3.61. The Balaban J connectivity index is 1.69. The van der Waals surface area contributed by atoms with Crippen LogP contribution in [0.5, 0.6) is 0 Å². The van der Waals surface area contributed by atoms with E-state index < -0.39 is 0 Å². The van der Waals surface area contributed by atoms with E-state index in [1.807, 2.05) is 0 Å². The molecule has 2 rings (SSSR count). The molecule has 1 aliphatic heterocycles. The molecular formula is C11H22N2O. The third-order valence-corrected chi connectivity index (χ3v) is 3.45. The first-order valence-corrected chi connectivity index (χ1v) is 5.89. The highest BCUT2D eigenvalue weighted by molar-refractivity contribution is 4.90. The monoisotopic (exact) mass is 198 g/mol. The standard InChI is InChI=1S/C11H22N2O/c1-8(11-4-2-3-5-14-11)13-10-6-9(12)7-10/h8-11,13H,2-7,12H2,1H3. The number of nitrogens with one attached hydrogen (secondary N) is 1. The summed E-state index contributed by atoms with van der Waals surface area (Å²) in [6, 6.07) is 1.57. The van der Waals surface area contributed by atoms with E-state index in [0.29, 0.717) is 24.2 Å². The zero-order chi connectivity index (χ0) is 9.97. The first-order valence-electron chi connectivity index (χ1n) is 5.89. The number of nitrogens with two attached hydrogens (primary N) is 1. The van der Waals surface area contributed by atoms with E-state index in [9.17, 15) is 0 Å². The largest absolute Gasteiger partial charge is 0.377 e. The lowest BCUT2D eigenvalue weighted by atomic mass is 9.86. The van der Waals surface area contributed by atoms with Crippen LogP contribution < -0.4 is 11.1 Å². The molecule has 2 unspecified atom stereocenters. The van der Waals surface area contributed by atoms with Crippen molar-refractivity contribution in [1.82, 2.24) is 5.32 Å². The van der Waals surface area contributed by atoms with Gasteiger partial charge in [0.05, 0.1) is 6.10 Å². The summed E-state index contributed by atoms with van der Waals surface area (Å²) in [6.45, 7) is 3.18. The summed E-state index contributed by atoms with van der Waals surface area (Å²) < 4.78 is 5.74. The topological polar surface area (TPSA) is 47.3 Å². The van der Waals surface area contributed by atoms with Crippen molar-refractivity contribution >= 4 is 0 Å². The fraction of sp³-hybridized carbons (Fsp3) is 1.00. The minimum atomic E-state index is 0.431. The van der Waals surface area contributed by atoms with E-state index in [1.165, 1.54) is 19.3 Å². The lowest BCUT2D eigenvalue weighted by molar-refractivity contribution is -0.00872. The molecule has 0 aromatic rings. The van der Waals surface area contributed by atoms with Crippen molar-refractivity contribution in [1.29, 1.82) is 0 Å². The van der Waals surface area contributed by atoms with E-state index in [4.69, 9.17) is 10.5 Å². The van der Waals surface area contributed by atoms with Crippen molar-refractivity contribution in [2.24, 2.45) is 5.73 Å². The van der Waals surface area contributed by atoms with Crippen LogP contribution in [0.3, 0.4) is 0 Å². The van der Waals surface area contributed by atoms with Gasteiger partial charge < -0.3 is 15.8 Å². The minimum absolute atomic E-state index is 0.431. The second kappa shape index (κ2) is 4.60. The number of ether oxygens (including phenoxy) is 1. The predicted octanol–water partition coefficient (Wildman–Crippen LogP) is 1.02. The minimum Gasteiger partial charge on any atom is -0.377 e. The molecule has 0 bridgehead atoms. The van der Waals surface area contributed by atoms with Crippen molar-refractivity contribution in [3.63, 3.8) is 0 Å². The Morgan fingerprint density at radius 3 is 2.71 bits per heavy atom. The average molecular weight is 198 g/mol. The van der Waals surface area contributed by atoms with Crippen molar-refractivity contribution < 1.29 is 4.74 Å². The maximum absolute atomic E-state index is 5.75. The molecular weight excluding hydrogens is 176 g/mol. The molecule has 0 amide bonds. The smallest absolute Gasteiger partial charge is 0.0725 e. The fourth-order valence-electron chi connectivity index (χ4n) is 2.44. The normalized spacial score (nSPS) is 40.3. The molecule has 0 spiro atoms. The summed E-state index contributed by atoms with van der Waals surface area (Å²) in [6.07, 6.45) is 6.47. The van der Waals surface area contributed by atoms with Crippen LogP contribution in [-0.2, 0) is 4.74 Å². The van der Waals surface area contributed by atoms with Crippen LogP contribution in [0.25, 0.3) is 0 Å². The van der Waals surface area contributed by atoms with Crippen molar-refractivity contribution in [3.8, 4) is 0 Å². The van der Waals surface area contributed by atoms with Gasteiger partial charge in [-0.3, -0.25) is 0 Å². The van der Waals surface area contributed by atoms with E-state index in [-0.39, 0.29) is 0 Å². The second-order valence-electron chi connectivity index (χ2n) is 4.79. The molecule has 1 saturated heterocycles. The van der Waals surface area contributed by atoms with Crippen LogP contribution >= 0.6 is 0 Å². The molecule has 3 nitrogen and oxygen atoms in total. The summed E-state index contributed by atoms with van der Waals surface area (Å²) in [5.74, 6) is 0. The SMILES string of the molecule is CC(NC1CC(N)C1)C1CCCCO1. The zero-order valence-electron chi connectivity index (χ0n) is 9.04. The zero-order valence-corrected chi connectivity index (χ0v) is 9.04. The Kier molecular flexibility index (Phi) is 3.42. The molecule has 3 heteroatoms. The van der Waals surface area contributed by atoms with E-state index >= 15 is 0 Å². The van der Waals surface area contributed by atoms with E-state index in [0.717, 1.165) is 19.4 Å². The lowest BCUT2D eigenvalue weighted by Gasteiger charge is -2.38. The number of rotatable bonds is 3. The average Bonchev–Trinajstić information content (AvgIpc) is 2.17. The predicted molar refractivity (Wildman–Crippen MR) is 57.2 cm³/mol. The Morgan fingerprint density at radius 2 is 2.14 bits per heavy atom. The summed E-state index contributed by atoms with van der Waals surface area (Å²) in [7, 11) is 0. The summed E-state index contributed by atoms with van der Waals surface area (Å²) in [4.78, 5) is 0. The Bertz CT molecular complexity index is 174. The number of hydrogen-bond donors (Lipinski definition) is 2. The maximum Gasteiger partial charge on any atom is 0.0725 e. The first kappa shape index (κ1) is 10.4. The molecule has 0 aromatic carbocycles. The molecule has 3 N–H and O–H groups in total. The van der Waals surface area contributed by atoms with Crippen LogP contribution in [-0.4, -0.2) is 30.8 Å². The molecule has 82 valence electrons. The van der Waals surface area contributed by atoms with Gasteiger partial charge in [0.25, 0.3) is 0 Å². The van der Waals surface area contributed by atoms with Gasteiger partial charge in [0.1, 0.15) is 0 Å². The highest BCUT2D eigenvalue weighted by Crippen LogP contribution is 2.21. The summed E-state index contributed by atoms with van der Waals surface area (Å²) >= 11 is 0. The van der Waals surface area contributed by atoms with Gasteiger partial charge in [0.2, 0.25) is 0 Å². The van der Waals surface area contributed by atoms with Gasteiger partial charge in [-0.1, -0.05) is 0 Å². The number of hydrogen-bond acceptors (Lipinski definition) is 3. The van der Waals surface area contributed by atoms with Crippen molar-refractivity contribution in [2.75, 3.05) is 6.61 Å². The quantitative estimate of drug-likeness (QED) is 0.712. The molecule has 1 heterocycles. The Labute approximate surface area is 86.4 Å². The van der Waals surface area contributed by atoms with Crippen LogP contribution in [0.4, 0.5) is 0 Å². The molecule has 0 aromatic heterocycles. The second-order valence-corrected chi connectivity index (χ2v) is 4.79. The van der Waals surface area contributed by atoms with Crippen LogP contribution in [0.1, 0.15) is 39.0 Å². The third kappa shape index (κ3) is 2.47. The van der Waals surface area contributed by atoms with Gasteiger partial charge in [-0.25, -0.2) is 0 Å². The molecule has 0 radical (unpaired) electrons. The van der Waals surface area contributed by atoms with Crippen LogP contribution in [0, 0.1) is 0 Å². The van der Waals surface area contributed by atoms with Crippen LogP contribution in [0.2, 0.25) is 0 Å². The van der Waals surface area contributed by atoms with Gasteiger partial charge >= 0.3 is 0 Å². The van der Waals surface area contributed by atoms with Gasteiger partial charge in [0.15, 0.2) is 0 Å². The Hall–Kier alpha value is -0.120.